The predicted molar refractivity (Wildman–Crippen MR) is 98.0 cm³/mol. The number of fused-ring (bicyclic) bond motifs is 1. The highest BCUT2D eigenvalue weighted by Crippen LogP contribution is 2.29. The molecule has 1 aromatic carbocycles. The highest BCUT2D eigenvalue weighted by atomic mass is 32.2. The van der Waals surface area contributed by atoms with E-state index in [2.05, 4.69) is 4.98 Å². The number of nitrogens with zero attached hydrogens (tertiary/aromatic N) is 3. The first-order valence-electron chi connectivity index (χ1n) is 7.80. The Bertz CT molecular complexity index is 1030. The van der Waals surface area contributed by atoms with Crippen molar-refractivity contribution in [3.05, 3.63) is 59.7 Å². The third-order valence-electron chi connectivity index (χ3n) is 4.14. The van der Waals surface area contributed by atoms with Gasteiger partial charge in [-0.05, 0) is 30.0 Å². The Hall–Kier alpha value is -2.45. The molecule has 1 aliphatic rings. The van der Waals surface area contributed by atoms with Crippen molar-refractivity contribution in [3.8, 4) is 0 Å². The molecule has 0 unspecified atom stereocenters. The summed E-state index contributed by atoms with van der Waals surface area (Å²) in [6, 6.07) is 10.7. The van der Waals surface area contributed by atoms with Crippen molar-refractivity contribution in [1.29, 1.82) is 0 Å². The van der Waals surface area contributed by atoms with E-state index in [1.165, 1.54) is 21.8 Å². The van der Waals surface area contributed by atoms with Gasteiger partial charge in [-0.15, -0.1) is 11.3 Å². The Kier molecular flexibility index (Phi) is 3.93. The van der Waals surface area contributed by atoms with Crippen LogP contribution in [0.5, 0.6) is 0 Å². The molecule has 3 aromatic rings. The molecule has 1 saturated heterocycles. The lowest BCUT2D eigenvalue weighted by molar-refractivity contribution is 0.0858. The number of anilines is 1. The monoisotopic (exact) mass is 373 g/mol. The number of thiophene rings is 1. The van der Waals surface area contributed by atoms with E-state index in [4.69, 9.17) is 0 Å². The average molecular weight is 373 g/mol. The first-order chi connectivity index (χ1) is 12.1. The van der Waals surface area contributed by atoms with Crippen LogP contribution >= 0.6 is 11.3 Å². The molecular weight excluding hydrogens is 358 g/mol. The van der Waals surface area contributed by atoms with E-state index in [0.717, 1.165) is 14.4 Å². The molecule has 0 radical (unpaired) electrons. The summed E-state index contributed by atoms with van der Waals surface area (Å²) in [5.74, 6) is -0.527. The van der Waals surface area contributed by atoms with E-state index in [1.54, 1.807) is 30.5 Å². The number of benzene rings is 1. The number of aromatic nitrogens is 1. The molecule has 2 aromatic heterocycles. The van der Waals surface area contributed by atoms with Crippen molar-refractivity contribution in [2.24, 2.45) is 0 Å². The van der Waals surface area contributed by atoms with Gasteiger partial charge in [-0.2, -0.15) is 8.42 Å². The summed E-state index contributed by atoms with van der Waals surface area (Å²) in [6.45, 7) is 0.532. The zero-order valence-corrected chi connectivity index (χ0v) is 14.8. The molecule has 0 saturated carbocycles. The van der Waals surface area contributed by atoms with Crippen LogP contribution in [0.15, 0.2) is 54.2 Å². The summed E-state index contributed by atoms with van der Waals surface area (Å²) in [7, 11) is -3.92. The van der Waals surface area contributed by atoms with Crippen molar-refractivity contribution in [2.45, 2.75) is 6.42 Å². The van der Waals surface area contributed by atoms with Crippen LogP contribution in [0, 0.1) is 0 Å². The van der Waals surface area contributed by atoms with Gasteiger partial charge >= 0.3 is 10.2 Å². The summed E-state index contributed by atoms with van der Waals surface area (Å²) in [6.07, 6.45) is 3.69. The number of para-hydroxylation sites is 1. The molecule has 8 heteroatoms. The molecule has 1 amide bonds. The van der Waals surface area contributed by atoms with Gasteiger partial charge in [-0.1, -0.05) is 18.2 Å². The summed E-state index contributed by atoms with van der Waals surface area (Å²) in [5, 5.41) is 2.70. The Morgan fingerprint density at radius 3 is 2.68 bits per heavy atom. The number of carbonyl (C=O) groups is 1. The Morgan fingerprint density at radius 1 is 1.08 bits per heavy atom. The summed E-state index contributed by atoms with van der Waals surface area (Å²) in [4.78, 5) is 17.1. The fourth-order valence-corrected chi connectivity index (χ4v) is 5.48. The number of amides is 1. The number of rotatable bonds is 2. The molecule has 128 valence electrons. The van der Waals surface area contributed by atoms with Crippen LogP contribution in [-0.2, 0) is 10.2 Å². The van der Waals surface area contributed by atoms with Gasteiger partial charge in [0.1, 0.15) is 0 Å². The van der Waals surface area contributed by atoms with E-state index in [9.17, 15) is 13.2 Å². The van der Waals surface area contributed by atoms with Crippen LogP contribution in [-0.4, -0.2) is 36.7 Å². The van der Waals surface area contributed by atoms with Gasteiger partial charge in [0.2, 0.25) is 0 Å². The first-order valence-corrected chi connectivity index (χ1v) is 10.1. The molecule has 1 aliphatic heterocycles. The van der Waals surface area contributed by atoms with Crippen molar-refractivity contribution >= 4 is 43.2 Å². The molecular formula is C17H15N3O3S2. The van der Waals surface area contributed by atoms with Gasteiger partial charge in [-0.25, -0.2) is 4.31 Å². The zero-order chi connectivity index (χ0) is 17.4. The number of hydrogen-bond donors (Lipinski definition) is 0. The molecule has 0 aliphatic carbocycles. The second-order valence-corrected chi connectivity index (χ2v) is 8.37. The summed E-state index contributed by atoms with van der Waals surface area (Å²) < 4.78 is 29.0. The largest absolute Gasteiger partial charge is 0.328 e. The van der Waals surface area contributed by atoms with Gasteiger partial charge in [0.25, 0.3) is 5.91 Å². The fourth-order valence-electron chi connectivity index (χ4n) is 2.95. The molecule has 3 heterocycles. The highest BCUT2D eigenvalue weighted by Gasteiger charge is 2.38. The smallest absolute Gasteiger partial charge is 0.268 e. The van der Waals surface area contributed by atoms with Crippen LogP contribution in [0.4, 0.5) is 5.69 Å². The van der Waals surface area contributed by atoms with Crippen molar-refractivity contribution in [1.82, 2.24) is 9.29 Å². The van der Waals surface area contributed by atoms with Crippen LogP contribution in [0.3, 0.4) is 0 Å². The van der Waals surface area contributed by atoms with Gasteiger partial charge in [0, 0.05) is 30.9 Å². The van der Waals surface area contributed by atoms with E-state index in [0.29, 0.717) is 24.2 Å². The number of pyridine rings is 1. The first kappa shape index (κ1) is 16.0. The van der Waals surface area contributed by atoms with E-state index in [-0.39, 0.29) is 6.54 Å². The zero-order valence-electron chi connectivity index (χ0n) is 13.2. The van der Waals surface area contributed by atoms with E-state index < -0.39 is 16.1 Å². The quantitative estimate of drug-likeness (QED) is 0.692. The molecule has 1 fully saturated rings. The molecule has 6 nitrogen and oxygen atoms in total. The minimum Gasteiger partial charge on any atom is -0.268 e. The maximum atomic E-state index is 13.0. The van der Waals surface area contributed by atoms with Crippen LogP contribution in [0.1, 0.15) is 16.8 Å². The van der Waals surface area contributed by atoms with Crippen LogP contribution in [0.25, 0.3) is 10.1 Å². The third-order valence-corrected chi connectivity index (χ3v) is 6.96. The second kappa shape index (κ2) is 6.12. The van der Waals surface area contributed by atoms with Crippen LogP contribution < -0.4 is 4.31 Å². The van der Waals surface area contributed by atoms with E-state index in [1.807, 2.05) is 17.5 Å². The second-order valence-electron chi connectivity index (χ2n) is 5.67. The molecule has 0 bridgehead atoms. The van der Waals surface area contributed by atoms with E-state index >= 15 is 0 Å². The van der Waals surface area contributed by atoms with Crippen LogP contribution in [0.2, 0.25) is 0 Å². The lowest BCUT2D eigenvalue weighted by atomic mass is 10.2. The van der Waals surface area contributed by atoms with Crippen molar-refractivity contribution in [3.63, 3.8) is 0 Å². The molecule has 4 rings (SSSR count). The van der Waals surface area contributed by atoms with Crippen molar-refractivity contribution in [2.75, 3.05) is 17.4 Å². The Balaban J connectivity index is 1.75. The van der Waals surface area contributed by atoms with Gasteiger partial charge in [0.05, 0.1) is 16.0 Å². The molecule has 0 atom stereocenters. The van der Waals surface area contributed by atoms with Gasteiger partial charge in [-0.3, -0.25) is 14.1 Å². The van der Waals surface area contributed by atoms with Gasteiger partial charge < -0.3 is 0 Å². The average Bonchev–Trinajstić information content (AvgIpc) is 3.10. The summed E-state index contributed by atoms with van der Waals surface area (Å²) in [5.41, 5.74) is 0.887. The molecule has 0 N–H and O–H groups in total. The maximum absolute atomic E-state index is 13.0. The maximum Gasteiger partial charge on any atom is 0.328 e. The summed E-state index contributed by atoms with van der Waals surface area (Å²) >= 11 is 1.41. The molecule has 25 heavy (non-hydrogen) atoms. The predicted octanol–water partition coefficient (Wildman–Crippen LogP) is 2.89. The lowest BCUT2D eigenvalue weighted by Gasteiger charge is -2.35. The van der Waals surface area contributed by atoms with Gasteiger partial charge in [0.15, 0.2) is 0 Å². The number of hydrogen-bond acceptors (Lipinski definition) is 5. The minimum atomic E-state index is -3.92. The topological polar surface area (TPSA) is 70.6 Å². The highest BCUT2D eigenvalue weighted by molar-refractivity contribution is 7.91. The standard InChI is InChI=1S/C17H15N3O3S2/c21-17(15-12-18-11-13-7-10-24-16(13)15)20-9-4-8-19(25(20,22)23)14-5-2-1-3-6-14/h1-3,5-7,10-12H,4,8-9H2. The number of carbonyl (C=O) groups excluding carboxylic acids is 1. The normalized spacial score (nSPS) is 17.0. The third kappa shape index (κ3) is 2.67. The minimum absolute atomic E-state index is 0.173. The van der Waals surface area contributed by atoms with Crippen molar-refractivity contribution < 1.29 is 13.2 Å². The fraction of sp³-hybridized carbons (Fsp3) is 0.176. The SMILES string of the molecule is O=C(c1cncc2ccsc12)N1CCCN(c2ccccc2)S1(=O)=O. The lowest BCUT2D eigenvalue weighted by Crippen LogP contribution is -2.52. The Labute approximate surface area is 149 Å². The Morgan fingerprint density at radius 2 is 1.88 bits per heavy atom. The molecule has 0 spiro atoms.